The van der Waals surface area contributed by atoms with Crippen molar-refractivity contribution in [2.45, 2.75) is 18.6 Å². The number of carbonyl (C=O) groups is 1. The Hall–Kier alpha value is -2.33. The van der Waals surface area contributed by atoms with Crippen LogP contribution in [0.25, 0.3) is 0 Å². The highest BCUT2D eigenvalue weighted by Crippen LogP contribution is 2.28. The predicted octanol–water partition coefficient (Wildman–Crippen LogP) is 1.84. The Bertz CT molecular complexity index is 602. The van der Waals surface area contributed by atoms with Crippen LogP contribution in [0, 0.1) is 0 Å². The summed E-state index contributed by atoms with van der Waals surface area (Å²) in [7, 11) is 0. The standard InChI is InChI=1S/C17H17NO3/c19-14(12-6-2-1-3-7-12)11-18-17(20)16-10-13-8-4-5-9-15(13)21-16/h1-9,14,16,19H,10-11H2,(H,18,20). The monoisotopic (exact) mass is 283 g/mol. The third kappa shape index (κ3) is 3.06. The van der Waals surface area contributed by atoms with E-state index in [1.54, 1.807) is 0 Å². The number of ether oxygens (including phenoxy) is 1. The van der Waals surface area contributed by atoms with Gasteiger partial charge in [-0.15, -0.1) is 0 Å². The Morgan fingerprint density at radius 2 is 1.90 bits per heavy atom. The highest BCUT2D eigenvalue weighted by Gasteiger charge is 2.28. The van der Waals surface area contributed by atoms with Gasteiger partial charge in [-0.2, -0.15) is 0 Å². The molecular weight excluding hydrogens is 266 g/mol. The fourth-order valence-electron chi connectivity index (χ4n) is 2.43. The highest BCUT2D eigenvalue weighted by molar-refractivity contribution is 5.82. The number of amides is 1. The summed E-state index contributed by atoms with van der Waals surface area (Å²) < 4.78 is 5.61. The third-order valence-electron chi connectivity index (χ3n) is 3.59. The minimum Gasteiger partial charge on any atom is -0.480 e. The van der Waals surface area contributed by atoms with Crippen LogP contribution in [0.1, 0.15) is 17.2 Å². The Labute approximate surface area is 123 Å². The number of hydrogen-bond donors (Lipinski definition) is 2. The largest absolute Gasteiger partial charge is 0.480 e. The number of aliphatic hydroxyl groups excluding tert-OH is 1. The molecule has 108 valence electrons. The molecule has 0 bridgehead atoms. The Morgan fingerprint density at radius 3 is 2.67 bits per heavy atom. The summed E-state index contributed by atoms with van der Waals surface area (Å²) in [6.45, 7) is 0.180. The zero-order valence-corrected chi connectivity index (χ0v) is 11.5. The molecule has 0 aliphatic carbocycles. The van der Waals surface area contributed by atoms with E-state index in [4.69, 9.17) is 4.74 Å². The first-order chi connectivity index (χ1) is 10.2. The first-order valence-corrected chi connectivity index (χ1v) is 6.99. The molecule has 0 fully saturated rings. The van der Waals surface area contributed by atoms with Crippen LogP contribution in [0.4, 0.5) is 0 Å². The molecule has 2 atom stereocenters. The van der Waals surface area contributed by atoms with Crippen molar-refractivity contribution in [1.82, 2.24) is 5.32 Å². The van der Waals surface area contributed by atoms with Crippen molar-refractivity contribution in [1.29, 1.82) is 0 Å². The summed E-state index contributed by atoms with van der Waals surface area (Å²) in [4.78, 5) is 12.1. The highest BCUT2D eigenvalue weighted by atomic mass is 16.5. The van der Waals surface area contributed by atoms with Crippen LogP contribution < -0.4 is 10.1 Å². The lowest BCUT2D eigenvalue weighted by Crippen LogP contribution is -2.39. The van der Waals surface area contributed by atoms with E-state index < -0.39 is 12.2 Å². The maximum Gasteiger partial charge on any atom is 0.261 e. The van der Waals surface area contributed by atoms with E-state index in [1.807, 2.05) is 54.6 Å². The van der Waals surface area contributed by atoms with Crippen molar-refractivity contribution in [3.05, 3.63) is 65.7 Å². The number of rotatable bonds is 4. The van der Waals surface area contributed by atoms with Crippen molar-refractivity contribution in [2.75, 3.05) is 6.54 Å². The van der Waals surface area contributed by atoms with Gasteiger partial charge in [0.2, 0.25) is 0 Å². The molecule has 4 heteroatoms. The first kappa shape index (κ1) is 13.6. The molecule has 3 rings (SSSR count). The van der Waals surface area contributed by atoms with Gasteiger partial charge in [-0.25, -0.2) is 0 Å². The summed E-state index contributed by atoms with van der Waals surface area (Å²) in [5.41, 5.74) is 1.83. The van der Waals surface area contributed by atoms with Gasteiger partial charge in [0.25, 0.3) is 5.91 Å². The average molecular weight is 283 g/mol. The molecule has 0 saturated carbocycles. The minimum absolute atomic E-state index is 0.180. The second-order valence-corrected chi connectivity index (χ2v) is 5.09. The Balaban J connectivity index is 1.54. The topological polar surface area (TPSA) is 58.6 Å². The molecule has 2 N–H and O–H groups in total. The lowest BCUT2D eigenvalue weighted by Gasteiger charge is -2.15. The van der Waals surface area contributed by atoms with E-state index in [0.29, 0.717) is 6.42 Å². The van der Waals surface area contributed by atoms with Gasteiger partial charge in [0.1, 0.15) is 5.75 Å². The molecular formula is C17H17NO3. The van der Waals surface area contributed by atoms with Crippen LogP contribution in [-0.4, -0.2) is 23.7 Å². The zero-order chi connectivity index (χ0) is 14.7. The van der Waals surface area contributed by atoms with Gasteiger partial charge in [0.05, 0.1) is 6.10 Å². The van der Waals surface area contributed by atoms with Gasteiger partial charge in [0.15, 0.2) is 6.10 Å². The van der Waals surface area contributed by atoms with Gasteiger partial charge < -0.3 is 15.2 Å². The number of fused-ring (bicyclic) bond motifs is 1. The van der Waals surface area contributed by atoms with Crippen LogP contribution in [0.3, 0.4) is 0 Å². The summed E-state index contributed by atoms with van der Waals surface area (Å²) in [6, 6.07) is 16.9. The fourth-order valence-corrected chi connectivity index (χ4v) is 2.43. The lowest BCUT2D eigenvalue weighted by molar-refractivity contribution is -0.127. The van der Waals surface area contributed by atoms with E-state index in [-0.39, 0.29) is 12.5 Å². The van der Waals surface area contributed by atoms with E-state index in [1.165, 1.54) is 0 Å². The van der Waals surface area contributed by atoms with Gasteiger partial charge >= 0.3 is 0 Å². The molecule has 2 aromatic carbocycles. The van der Waals surface area contributed by atoms with Crippen LogP contribution in [0.5, 0.6) is 5.75 Å². The predicted molar refractivity (Wildman–Crippen MR) is 79.0 cm³/mol. The number of nitrogens with one attached hydrogen (secondary N) is 1. The van der Waals surface area contributed by atoms with Gasteiger partial charge in [-0.05, 0) is 17.2 Å². The number of carbonyl (C=O) groups excluding carboxylic acids is 1. The number of benzene rings is 2. The fraction of sp³-hybridized carbons (Fsp3) is 0.235. The van der Waals surface area contributed by atoms with Gasteiger partial charge in [-0.1, -0.05) is 48.5 Å². The van der Waals surface area contributed by atoms with E-state index >= 15 is 0 Å². The van der Waals surface area contributed by atoms with Crippen LogP contribution in [0.2, 0.25) is 0 Å². The summed E-state index contributed by atoms with van der Waals surface area (Å²) >= 11 is 0. The van der Waals surface area contributed by atoms with Crippen LogP contribution in [-0.2, 0) is 11.2 Å². The third-order valence-corrected chi connectivity index (χ3v) is 3.59. The van der Waals surface area contributed by atoms with Crippen molar-refractivity contribution in [3.63, 3.8) is 0 Å². The Morgan fingerprint density at radius 1 is 1.19 bits per heavy atom. The number of para-hydroxylation sites is 1. The van der Waals surface area contributed by atoms with Crippen molar-refractivity contribution < 1.29 is 14.6 Å². The minimum atomic E-state index is -0.709. The normalized spacial score (nSPS) is 17.7. The Kier molecular flexibility index (Phi) is 3.88. The molecule has 0 radical (unpaired) electrons. The molecule has 0 spiro atoms. The van der Waals surface area contributed by atoms with Crippen LogP contribution >= 0.6 is 0 Å². The zero-order valence-electron chi connectivity index (χ0n) is 11.5. The molecule has 1 aliphatic heterocycles. The smallest absolute Gasteiger partial charge is 0.261 e. The molecule has 2 unspecified atom stereocenters. The molecule has 1 amide bonds. The SMILES string of the molecule is O=C(NCC(O)c1ccccc1)C1Cc2ccccc2O1. The van der Waals surface area contributed by atoms with Crippen molar-refractivity contribution in [2.24, 2.45) is 0 Å². The van der Waals surface area contributed by atoms with E-state index in [0.717, 1.165) is 16.9 Å². The molecule has 1 heterocycles. The molecule has 1 aliphatic rings. The molecule has 0 aromatic heterocycles. The maximum atomic E-state index is 12.1. The number of hydrogen-bond acceptors (Lipinski definition) is 3. The van der Waals surface area contributed by atoms with Crippen molar-refractivity contribution in [3.8, 4) is 5.75 Å². The first-order valence-electron chi connectivity index (χ1n) is 6.99. The summed E-state index contributed by atoms with van der Waals surface area (Å²) in [6.07, 6.45) is -0.645. The second-order valence-electron chi connectivity index (χ2n) is 5.09. The van der Waals surface area contributed by atoms with Gasteiger partial charge in [-0.3, -0.25) is 4.79 Å². The van der Waals surface area contributed by atoms with E-state index in [2.05, 4.69) is 5.32 Å². The maximum absolute atomic E-state index is 12.1. The van der Waals surface area contributed by atoms with E-state index in [9.17, 15) is 9.90 Å². The number of aliphatic hydroxyl groups is 1. The molecule has 21 heavy (non-hydrogen) atoms. The summed E-state index contributed by atoms with van der Waals surface area (Å²) in [5, 5.41) is 12.8. The summed E-state index contributed by atoms with van der Waals surface area (Å²) in [5.74, 6) is 0.572. The van der Waals surface area contributed by atoms with Crippen LogP contribution in [0.15, 0.2) is 54.6 Å². The lowest BCUT2D eigenvalue weighted by atomic mass is 10.1. The van der Waals surface area contributed by atoms with Crippen molar-refractivity contribution >= 4 is 5.91 Å². The average Bonchev–Trinajstić information content (AvgIpc) is 2.97. The molecule has 0 saturated heterocycles. The molecule has 4 nitrogen and oxygen atoms in total. The quantitative estimate of drug-likeness (QED) is 0.900. The second kappa shape index (κ2) is 5.97. The van der Waals surface area contributed by atoms with Gasteiger partial charge in [0, 0.05) is 13.0 Å². The molecule has 2 aromatic rings.